The van der Waals surface area contributed by atoms with Crippen LogP contribution in [0, 0.1) is 0 Å². The summed E-state index contributed by atoms with van der Waals surface area (Å²) >= 11 is 0. The number of amides is 1. The van der Waals surface area contributed by atoms with Crippen LogP contribution in [0.15, 0.2) is 23.1 Å². The first-order chi connectivity index (χ1) is 11.3. The van der Waals surface area contributed by atoms with Gasteiger partial charge in [-0.05, 0) is 36.1 Å². The first-order valence-electron chi connectivity index (χ1n) is 8.04. The SMILES string of the molecule is CCC(N)(CC)CNC(=O)CNS(=O)(=O)c1ccc2c(c1)COC2.Cl. The standard InChI is InChI=1S/C16H25N3O4S.ClH/c1-3-16(17,4-2)11-18-15(20)8-19-24(21,22)14-6-5-12-9-23-10-13(12)7-14;/h5-7,19H,3-4,8-11,17H2,1-2H3,(H,18,20);1H. The van der Waals surface area contributed by atoms with Crippen molar-refractivity contribution in [3.63, 3.8) is 0 Å². The summed E-state index contributed by atoms with van der Waals surface area (Å²) in [4.78, 5) is 12.0. The van der Waals surface area contributed by atoms with Gasteiger partial charge in [0, 0.05) is 12.1 Å². The van der Waals surface area contributed by atoms with Gasteiger partial charge in [-0.2, -0.15) is 0 Å². The Hall–Kier alpha value is -1.19. The Morgan fingerprint density at radius 3 is 2.52 bits per heavy atom. The molecule has 0 atom stereocenters. The van der Waals surface area contributed by atoms with E-state index in [-0.39, 0.29) is 23.8 Å². The Morgan fingerprint density at radius 2 is 1.88 bits per heavy atom. The van der Waals surface area contributed by atoms with Gasteiger partial charge in [-0.1, -0.05) is 19.9 Å². The number of sulfonamides is 1. The first kappa shape index (κ1) is 21.9. The van der Waals surface area contributed by atoms with Gasteiger partial charge in [0.15, 0.2) is 0 Å². The quantitative estimate of drug-likeness (QED) is 0.613. The van der Waals surface area contributed by atoms with Crippen LogP contribution in [0.1, 0.15) is 37.8 Å². The number of benzene rings is 1. The molecule has 1 amide bonds. The van der Waals surface area contributed by atoms with E-state index in [4.69, 9.17) is 10.5 Å². The van der Waals surface area contributed by atoms with Crippen molar-refractivity contribution in [2.45, 2.75) is 50.3 Å². The molecule has 0 aliphatic carbocycles. The normalized spacial score (nSPS) is 13.9. The van der Waals surface area contributed by atoms with Crippen molar-refractivity contribution in [1.29, 1.82) is 0 Å². The molecular formula is C16H26ClN3O4S. The average molecular weight is 392 g/mol. The fourth-order valence-corrected chi connectivity index (χ4v) is 3.43. The van der Waals surface area contributed by atoms with Gasteiger partial charge in [-0.3, -0.25) is 4.79 Å². The number of fused-ring (bicyclic) bond motifs is 1. The highest BCUT2D eigenvalue weighted by molar-refractivity contribution is 7.89. The molecule has 1 aromatic carbocycles. The number of ether oxygens (including phenoxy) is 1. The predicted octanol–water partition coefficient (Wildman–Crippen LogP) is 1.05. The molecule has 1 heterocycles. The number of carbonyl (C=O) groups is 1. The molecule has 25 heavy (non-hydrogen) atoms. The summed E-state index contributed by atoms with van der Waals surface area (Å²) in [5, 5.41) is 2.68. The number of rotatable bonds is 8. The summed E-state index contributed by atoms with van der Waals surface area (Å²) in [6.07, 6.45) is 1.46. The Morgan fingerprint density at radius 1 is 1.24 bits per heavy atom. The monoisotopic (exact) mass is 391 g/mol. The van der Waals surface area contributed by atoms with Crippen LogP contribution >= 0.6 is 12.4 Å². The van der Waals surface area contributed by atoms with E-state index < -0.39 is 21.5 Å². The third-order valence-electron chi connectivity index (χ3n) is 4.47. The van der Waals surface area contributed by atoms with E-state index in [1.165, 1.54) is 6.07 Å². The Balaban J connectivity index is 0.00000312. The number of nitrogens with one attached hydrogen (secondary N) is 2. The summed E-state index contributed by atoms with van der Waals surface area (Å²) in [6.45, 7) is 4.81. The van der Waals surface area contributed by atoms with Crippen LogP contribution in [0.4, 0.5) is 0 Å². The Labute approximate surface area is 155 Å². The number of hydrogen-bond donors (Lipinski definition) is 3. The molecule has 9 heteroatoms. The number of carbonyl (C=O) groups excluding carboxylic acids is 1. The molecule has 0 saturated carbocycles. The zero-order valence-electron chi connectivity index (χ0n) is 14.5. The zero-order chi connectivity index (χ0) is 17.8. The lowest BCUT2D eigenvalue weighted by Crippen LogP contribution is -2.50. The van der Waals surface area contributed by atoms with Crippen molar-refractivity contribution in [3.05, 3.63) is 29.3 Å². The molecule has 1 aliphatic heterocycles. The van der Waals surface area contributed by atoms with Crippen LogP contribution < -0.4 is 15.8 Å². The molecule has 7 nitrogen and oxygen atoms in total. The smallest absolute Gasteiger partial charge is 0.241 e. The molecule has 142 valence electrons. The minimum absolute atomic E-state index is 0. The minimum atomic E-state index is -3.74. The summed E-state index contributed by atoms with van der Waals surface area (Å²) in [5.74, 6) is -0.403. The molecule has 0 fully saturated rings. The van der Waals surface area contributed by atoms with Crippen LogP contribution in [-0.2, 0) is 32.8 Å². The second-order valence-corrected chi connectivity index (χ2v) is 7.86. The Kier molecular flexibility index (Phi) is 7.83. The van der Waals surface area contributed by atoms with Crippen molar-refractivity contribution < 1.29 is 17.9 Å². The van der Waals surface area contributed by atoms with Crippen LogP contribution in [0.3, 0.4) is 0 Å². The summed E-state index contributed by atoms with van der Waals surface area (Å²) in [7, 11) is -3.74. The molecule has 0 radical (unpaired) electrons. The lowest BCUT2D eigenvalue weighted by Gasteiger charge is -2.26. The molecule has 1 aliphatic rings. The van der Waals surface area contributed by atoms with Gasteiger partial charge in [0.2, 0.25) is 15.9 Å². The first-order valence-corrected chi connectivity index (χ1v) is 9.53. The van der Waals surface area contributed by atoms with Crippen molar-refractivity contribution in [3.8, 4) is 0 Å². The van der Waals surface area contributed by atoms with Crippen molar-refractivity contribution in [2.75, 3.05) is 13.1 Å². The number of hydrogen-bond acceptors (Lipinski definition) is 5. The maximum Gasteiger partial charge on any atom is 0.241 e. The Bertz CT molecular complexity index is 705. The average Bonchev–Trinajstić information content (AvgIpc) is 3.05. The van der Waals surface area contributed by atoms with Crippen LogP contribution in [0.5, 0.6) is 0 Å². The van der Waals surface area contributed by atoms with Crippen LogP contribution in [-0.4, -0.2) is 33.0 Å². The molecular weight excluding hydrogens is 366 g/mol. The lowest BCUT2D eigenvalue weighted by atomic mass is 9.94. The van der Waals surface area contributed by atoms with E-state index >= 15 is 0 Å². The van der Waals surface area contributed by atoms with Gasteiger partial charge < -0.3 is 15.8 Å². The maximum atomic E-state index is 12.3. The molecule has 1 aromatic rings. The van der Waals surface area contributed by atoms with E-state index in [1.54, 1.807) is 12.1 Å². The van der Waals surface area contributed by atoms with Gasteiger partial charge in [-0.25, -0.2) is 13.1 Å². The summed E-state index contributed by atoms with van der Waals surface area (Å²) in [6, 6.07) is 4.84. The van der Waals surface area contributed by atoms with Crippen molar-refractivity contribution in [2.24, 2.45) is 5.73 Å². The van der Waals surface area contributed by atoms with Crippen molar-refractivity contribution in [1.82, 2.24) is 10.0 Å². The van der Waals surface area contributed by atoms with E-state index in [2.05, 4.69) is 10.0 Å². The van der Waals surface area contributed by atoms with Gasteiger partial charge >= 0.3 is 0 Å². The molecule has 2 rings (SSSR count). The second kappa shape index (κ2) is 8.95. The summed E-state index contributed by atoms with van der Waals surface area (Å²) < 4.78 is 32.2. The molecule has 0 spiro atoms. The molecule has 0 bridgehead atoms. The van der Waals surface area contributed by atoms with Gasteiger partial charge in [0.1, 0.15) is 0 Å². The maximum absolute atomic E-state index is 12.3. The van der Waals surface area contributed by atoms with Crippen LogP contribution in [0.2, 0.25) is 0 Å². The fourth-order valence-electron chi connectivity index (χ4n) is 2.40. The van der Waals surface area contributed by atoms with Crippen molar-refractivity contribution >= 4 is 28.3 Å². The lowest BCUT2D eigenvalue weighted by molar-refractivity contribution is -0.120. The number of halogens is 1. The van der Waals surface area contributed by atoms with E-state index in [9.17, 15) is 13.2 Å². The molecule has 0 saturated heterocycles. The topological polar surface area (TPSA) is 111 Å². The fraction of sp³-hybridized carbons (Fsp3) is 0.562. The minimum Gasteiger partial charge on any atom is -0.372 e. The predicted molar refractivity (Wildman–Crippen MR) is 97.9 cm³/mol. The van der Waals surface area contributed by atoms with Gasteiger partial charge in [0.05, 0.1) is 24.7 Å². The van der Waals surface area contributed by atoms with E-state index in [0.29, 0.717) is 19.8 Å². The number of nitrogens with two attached hydrogens (primary N) is 1. The zero-order valence-corrected chi connectivity index (χ0v) is 16.1. The van der Waals surface area contributed by atoms with E-state index in [1.807, 2.05) is 13.8 Å². The van der Waals surface area contributed by atoms with Crippen LogP contribution in [0.25, 0.3) is 0 Å². The third kappa shape index (κ3) is 5.65. The largest absolute Gasteiger partial charge is 0.372 e. The highest BCUT2D eigenvalue weighted by atomic mass is 35.5. The third-order valence-corrected chi connectivity index (χ3v) is 5.87. The highest BCUT2D eigenvalue weighted by Gasteiger charge is 2.22. The summed E-state index contributed by atoms with van der Waals surface area (Å²) in [5.41, 5.74) is 7.49. The molecule has 4 N–H and O–H groups in total. The second-order valence-electron chi connectivity index (χ2n) is 6.09. The highest BCUT2D eigenvalue weighted by Crippen LogP contribution is 2.22. The molecule has 0 aromatic heterocycles. The molecule has 0 unspecified atom stereocenters. The van der Waals surface area contributed by atoms with Gasteiger partial charge in [0.25, 0.3) is 0 Å². The van der Waals surface area contributed by atoms with Gasteiger partial charge in [-0.15, -0.1) is 12.4 Å². The van der Waals surface area contributed by atoms with E-state index in [0.717, 1.165) is 24.0 Å².